The number of aromatic nitrogens is 2. The molecule has 1 aromatic rings. The standard InChI is InChI=1S/C9H14N2O/c1-8(12)4-3-5-9-10-6-7-11(9)2/h6-7H,3-5H2,1-2H3. The minimum atomic E-state index is 0.254. The minimum Gasteiger partial charge on any atom is -0.338 e. The lowest BCUT2D eigenvalue weighted by molar-refractivity contribution is -0.117. The van der Waals surface area contributed by atoms with Gasteiger partial charge in [0.25, 0.3) is 0 Å². The van der Waals surface area contributed by atoms with Gasteiger partial charge in [-0.25, -0.2) is 4.98 Å². The number of hydrogen-bond acceptors (Lipinski definition) is 2. The van der Waals surface area contributed by atoms with Crippen LogP contribution in [0.5, 0.6) is 0 Å². The Morgan fingerprint density at radius 2 is 2.42 bits per heavy atom. The average Bonchev–Trinajstić information content (AvgIpc) is 2.36. The first-order valence-corrected chi connectivity index (χ1v) is 4.16. The van der Waals surface area contributed by atoms with E-state index in [0.717, 1.165) is 18.7 Å². The first-order valence-electron chi connectivity index (χ1n) is 4.16. The summed E-state index contributed by atoms with van der Waals surface area (Å²) in [6, 6.07) is 0. The van der Waals surface area contributed by atoms with E-state index >= 15 is 0 Å². The third-order valence-corrected chi connectivity index (χ3v) is 1.85. The molecule has 3 heteroatoms. The SMILES string of the molecule is CC(=O)CCCc1nccn1C. The van der Waals surface area contributed by atoms with Gasteiger partial charge in [-0.15, -0.1) is 0 Å². The molecule has 0 radical (unpaired) electrons. The highest BCUT2D eigenvalue weighted by molar-refractivity contribution is 5.75. The maximum atomic E-state index is 10.6. The first-order chi connectivity index (χ1) is 5.70. The van der Waals surface area contributed by atoms with Crippen molar-refractivity contribution >= 4 is 5.78 Å². The molecule has 0 amide bonds. The lowest BCUT2D eigenvalue weighted by Crippen LogP contribution is -1.99. The molecule has 66 valence electrons. The summed E-state index contributed by atoms with van der Waals surface area (Å²) in [5.74, 6) is 1.31. The molecule has 1 aromatic heterocycles. The highest BCUT2D eigenvalue weighted by Gasteiger charge is 1.99. The van der Waals surface area contributed by atoms with Crippen LogP contribution in [0, 0.1) is 0 Å². The van der Waals surface area contributed by atoms with Crippen molar-refractivity contribution in [2.24, 2.45) is 7.05 Å². The van der Waals surface area contributed by atoms with Crippen molar-refractivity contribution in [3.63, 3.8) is 0 Å². The Bertz CT molecular complexity index is 265. The van der Waals surface area contributed by atoms with Crippen LogP contribution in [0.1, 0.15) is 25.6 Å². The van der Waals surface area contributed by atoms with Gasteiger partial charge in [-0.2, -0.15) is 0 Å². The summed E-state index contributed by atoms with van der Waals surface area (Å²) in [6.07, 6.45) is 6.16. The number of rotatable bonds is 4. The third kappa shape index (κ3) is 2.49. The van der Waals surface area contributed by atoms with Gasteiger partial charge in [0.05, 0.1) is 0 Å². The quantitative estimate of drug-likeness (QED) is 0.676. The van der Waals surface area contributed by atoms with E-state index in [1.165, 1.54) is 0 Å². The predicted octanol–water partition coefficient (Wildman–Crippen LogP) is 1.33. The van der Waals surface area contributed by atoms with Crippen LogP contribution in [0.3, 0.4) is 0 Å². The van der Waals surface area contributed by atoms with Crippen molar-refractivity contribution in [2.45, 2.75) is 26.2 Å². The normalized spacial score (nSPS) is 10.2. The monoisotopic (exact) mass is 166 g/mol. The van der Waals surface area contributed by atoms with E-state index in [0.29, 0.717) is 6.42 Å². The molecule has 0 atom stereocenters. The van der Waals surface area contributed by atoms with Crippen LogP contribution in [0.4, 0.5) is 0 Å². The Hall–Kier alpha value is -1.12. The number of hydrogen-bond donors (Lipinski definition) is 0. The fourth-order valence-corrected chi connectivity index (χ4v) is 1.13. The number of carbonyl (C=O) groups is 1. The van der Waals surface area contributed by atoms with Gasteiger partial charge in [0.15, 0.2) is 0 Å². The molecule has 0 fully saturated rings. The van der Waals surface area contributed by atoms with Gasteiger partial charge < -0.3 is 9.36 Å². The zero-order chi connectivity index (χ0) is 8.97. The summed E-state index contributed by atoms with van der Waals surface area (Å²) in [5, 5.41) is 0. The van der Waals surface area contributed by atoms with Crippen LogP contribution in [0.15, 0.2) is 12.4 Å². The Labute approximate surface area is 72.4 Å². The van der Waals surface area contributed by atoms with Crippen molar-refractivity contribution < 1.29 is 4.79 Å². The lowest BCUT2D eigenvalue weighted by atomic mass is 10.2. The molecule has 0 unspecified atom stereocenters. The molecule has 1 heterocycles. The summed E-state index contributed by atoms with van der Waals surface area (Å²) in [4.78, 5) is 14.8. The van der Waals surface area contributed by atoms with Crippen LogP contribution in [0.25, 0.3) is 0 Å². The highest BCUT2D eigenvalue weighted by Crippen LogP contribution is 2.01. The largest absolute Gasteiger partial charge is 0.338 e. The predicted molar refractivity (Wildman–Crippen MR) is 46.8 cm³/mol. The third-order valence-electron chi connectivity index (χ3n) is 1.85. The molecule has 0 aliphatic carbocycles. The zero-order valence-corrected chi connectivity index (χ0v) is 7.58. The van der Waals surface area contributed by atoms with Crippen molar-refractivity contribution in [3.05, 3.63) is 18.2 Å². The Morgan fingerprint density at radius 3 is 2.92 bits per heavy atom. The molecule has 0 saturated heterocycles. The Balaban J connectivity index is 2.33. The molecule has 0 bridgehead atoms. The maximum Gasteiger partial charge on any atom is 0.129 e. The molecule has 1 rings (SSSR count). The van der Waals surface area contributed by atoms with E-state index in [1.54, 1.807) is 13.1 Å². The van der Waals surface area contributed by atoms with E-state index in [1.807, 2.05) is 17.8 Å². The van der Waals surface area contributed by atoms with E-state index in [2.05, 4.69) is 4.98 Å². The maximum absolute atomic E-state index is 10.6. The van der Waals surface area contributed by atoms with Crippen LogP contribution < -0.4 is 0 Å². The fourth-order valence-electron chi connectivity index (χ4n) is 1.13. The first kappa shape index (κ1) is 8.97. The molecule has 3 nitrogen and oxygen atoms in total. The van der Waals surface area contributed by atoms with Gasteiger partial charge in [0.2, 0.25) is 0 Å². The van der Waals surface area contributed by atoms with E-state index in [4.69, 9.17) is 0 Å². The number of Topliss-reactive ketones (excluding diaryl/α,β-unsaturated/α-hetero) is 1. The fraction of sp³-hybridized carbons (Fsp3) is 0.556. The molecular formula is C9H14N2O. The van der Waals surface area contributed by atoms with Gasteiger partial charge in [0.1, 0.15) is 11.6 Å². The van der Waals surface area contributed by atoms with Crippen molar-refractivity contribution in [1.82, 2.24) is 9.55 Å². The van der Waals surface area contributed by atoms with Crippen molar-refractivity contribution in [1.29, 1.82) is 0 Å². The lowest BCUT2D eigenvalue weighted by Gasteiger charge is -1.99. The molecule has 0 aliphatic rings. The van der Waals surface area contributed by atoms with E-state index < -0.39 is 0 Å². The van der Waals surface area contributed by atoms with Crippen molar-refractivity contribution in [3.8, 4) is 0 Å². The number of nitrogens with zero attached hydrogens (tertiary/aromatic N) is 2. The topological polar surface area (TPSA) is 34.9 Å². The number of carbonyl (C=O) groups excluding carboxylic acids is 1. The van der Waals surface area contributed by atoms with Gasteiger partial charge in [-0.05, 0) is 13.3 Å². The molecule has 12 heavy (non-hydrogen) atoms. The minimum absolute atomic E-state index is 0.254. The molecule has 0 saturated carbocycles. The summed E-state index contributed by atoms with van der Waals surface area (Å²) >= 11 is 0. The Morgan fingerprint density at radius 1 is 1.67 bits per heavy atom. The smallest absolute Gasteiger partial charge is 0.129 e. The van der Waals surface area contributed by atoms with E-state index in [9.17, 15) is 4.79 Å². The molecular weight excluding hydrogens is 152 g/mol. The number of ketones is 1. The second kappa shape index (κ2) is 4.04. The molecule has 0 spiro atoms. The molecule has 0 aliphatic heterocycles. The van der Waals surface area contributed by atoms with Crippen LogP contribution >= 0.6 is 0 Å². The van der Waals surface area contributed by atoms with Crippen LogP contribution in [0.2, 0.25) is 0 Å². The summed E-state index contributed by atoms with van der Waals surface area (Å²) in [7, 11) is 1.97. The zero-order valence-electron chi connectivity index (χ0n) is 7.58. The van der Waals surface area contributed by atoms with Crippen molar-refractivity contribution in [2.75, 3.05) is 0 Å². The second-order valence-electron chi connectivity index (χ2n) is 3.01. The summed E-state index contributed by atoms with van der Waals surface area (Å²) < 4.78 is 1.99. The average molecular weight is 166 g/mol. The van der Waals surface area contributed by atoms with Crippen LogP contribution in [-0.2, 0) is 18.3 Å². The summed E-state index contributed by atoms with van der Waals surface area (Å²) in [5.41, 5.74) is 0. The summed E-state index contributed by atoms with van der Waals surface area (Å²) in [6.45, 7) is 1.62. The number of imidazole rings is 1. The molecule has 0 N–H and O–H groups in total. The van der Waals surface area contributed by atoms with Gasteiger partial charge in [0, 0.05) is 32.3 Å². The Kier molecular flexibility index (Phi) is 3.02. The van der Waals surface area contributed by atoms with Gasteiger partial charge in [-0.1, -0.05) is 0 Å². The molecule has 0 aromatic carbocycles. The van der Waals surface area contributed by atoms with E-state index in [-0.39, 0.29) is 5.78 Å². The highest BCUT2D eigenvalue weighted by atomic mass is 16.1. The second-order valence-corrected chi connectivity index (χ2v) is 3.01. The van der Waals surface area contributed by atoms with Gasteiger partial charge in [-0.3, -0.25) is 0 Å². The van der Waals surface area contributed by atoms with Gasteiger partial charge >= 0.3 is 0 Å². The number of aryl methyl sites for hydroxylation is 2. The van der Waals surface area contributed by atoms with Crippen LogP contribution in [-0.4, -0.2) is 15.3 Å².